The van der Waals surface area contributed by atoms with Crippen LogP contribution in [0.15, 0.2) is 205 Å². The second kappa shape index (κ2) is 12.5. The van der Waals surface area contributed by atoms with Crippen LogP contribution in [0.2, 0.25) is 0 Å². The van der Waals surface area contributed by atoms with Crippen LogP contribution in [0.4, 0.5) is 17.1 Å². The van der Waals surface area contributed by atoms with Gasteiger partial charge in [-0.2, -0.15) is 0 Å². The Bertz CT molecular complexity index is 2910. The van der Waals surface area contributed by atoms with E-state index in [1.54, 1.807) is 0 Å². The Morgan fingerprint density at radius 3 is 1.69 bits per heavy atom. The molecular weight excluding hydrogens is 631 g/mol. The van der Waals surface area contributed by atoms with Crippen LogP contribution in [0.5, 0.6) is 0 Å². The SMILES string of the molecule is c1cc(-c2ccc(-c3cccc4ccccc34)cc2)cc(N(c2cccc(-c3ccc4ccccc4c3)c2)c2cccc3oc4ccccc4c23)c1. The van der Waals surface area contributed by atoms with Crippen molar-refractivity contribution in [3.8, 4) is 33.4 Å². The maximum Gasteiger partial charge on any atom is 0.137 e. The van der Waals surface area contributed by atoms with Crippen LogP contribution in [0, 0.1) is 0 Å². The number of nitrogens with zero attached hydrogens (tertiary/aromatic N) is 1. The Labute approximate surface area is 302 Å². The normalized spacial score (nSPS) is 11.5. The van der Waals surface area contributed by atoms with Crippen molar-refractivity contribution < 1.29 is 4.42 Å². The molecule has 0 aliphatic heterocycles. The monoisotopic (exact) mass is 663 g/mol. The molecule has 0 spiro atoms. The number of rotatable bonds is 6. The van der Waals surface area contributed by atoms with Gasteiger partial charge in [0.1, 0.15) is 11.2 Å². The molecule has 2 heteroatoms. The van der Waals surface area contributed by atoms with Gasteiger partial charge in [-0.25, -0.2) is 0 Å². The summed E-state index contributed by atoms with van der Waals surface area (Å²) in [5, 5.41) is 7.19. The molecule has 0 unspecified atom stereocenters. The molecule has 10 rings (SSSR count). The van der Waals surface area contributed by atoms with Crippen LogP contribution < -0.4 is 4.90 Å². The molecule has 10 aromatic rings. The zero-order valence-electron chi connectivity index (χ0n) is 28.4. The van der Waals surface area contributed by atoms with Gasteiger partial charge in [0.2, 0.25) is 0 Å². The maximum atomic E-state index is 6.39. The second-order valence-corrected chi connectivity index (χ2v) is 13.4. The van der Waals surface area contributed by atoms with Crippen molar-refractivity contribution in [2.45, 2.75) is 0 Å². The molecule has 0 saturated carbocycles. The summed E-state index contributed by atoms with van der Waals surface area (Å²) in [4.78, 5) is 2.38. The van der Waals surface area contributed by atoms with Crippen LogP contribution in [0.1, 0.15) is 0 Å². The summed E-state index contributed by atoms with van der Waals surface area (Å²) in [5.41, 5.74) is 12.1. The zero-order chi connectivity index (χ0) is 34.4. The van der Waals surface area contributed by atoms with Crippen molar-refractivity contribution in [1.29, 1.82) is 0 Å². The van der Waals surface area contributed by atoms with Gasteiger partial charge >= 0.3 is 0 Å². The molecule has 0 saturated heterocycles. The summed E-state index contributed by atoms with van der Waals surface area (Å²) >= 11 is 0. The molecule has 244 valence electrons. The Morgan fingerprint density at radius 2 is 0.885 bits per heavy atom. The van der Waals surface area contributed by atoms with Crippen molar-refractivity contribution in [3.63, 3.8) is 0 Å². The van der Waals surface area contributed by atoms with Crippen molar-refractivity contribution in [3.05, 3.63) is 200 Å². The highest BCUT2D eigenvalue weighted by molar-refractivity contribution is 6.13. The molecule has 0 N–H and O–H groups in total. The largest absolute Gasteiger partial charge is 0.456 e. The molecule has 0 bridgehead atoms. The maximum absolute atomic E-state index is 6.39. The van der Waals surface area contributed by atoms with Crippen LogP contribution in [0.3, 0.4) is 0 Å². The fourth-order valence-electron chi connectivity index (χ4n) is 7.71. The molecule has 52 heavy (non-hydrogen) atoms. The van der Waals surface area contributed by atoms with Crippen LogP contribution >= 0.6 is 0 Å². The van der Waals surface area contributed by atoms with Crippen molar-refractivity contribution in [2.24, 2.45) is 0 Å². The molecule has 0 amide bonds. The Balaban J connectivity index is 1.11. The minimum Gasteiger partial charge on any atom is -0.456 e. The summed E-state index contributed by atoms with van der Waals surface area (Å²) in [5.74, 6) is 0. The number of benzene rings is 9. The zero-order valence-corrected chi connectivity index (χ0v) is 28.4. The Hall–Kier alpha value is -6.90. The van der Waals surface area contributed by atoms with E-state index in [4.69, 9.17) is 4.42 Å². The quantitative estimate of drug-likeness (QED) is 0.176. The lowest BCUT2D eigenvalue weighted by molar-refractivity contribution is 0.669. The standard InChI is InChI=1S/C50H33NO/c1-2-13-38-31-41(30-27-34(38)11-1)40-16-8-18-43(33-40)51(47-22-10-24-49-50(47)46-20-5-6-23-48(46)52-49)42-17-7-15-39(32-42)35-25-28-37(29-26-35)45-21-9-14-36-12-3-4-19-44(36)45/h1-33H. The van der Waals surface area contributed by atoms with Crippen molar-refractivity contribution in [2.75, 3.05) is 4.90 Å². The fraction of sp³-hybridized carbons (Fsp3) is 0. The third-order valence-corrected chi connectivity index (χ3v) is 10.2. The second-order valence-electron chi connectivity index (χ2n) is 13.4. The minimum atomic E-state index is 0.870. The van der Waals surface area contributed by atoms with Gasteiger partial charge in [-0.3, -0.25) is 0 Å². The first kappa shape index (κ1) is 30.0. The van der Waals surface area contributed by atoms with E-state index in [9.17, 15) is 0 Å². The van der Waals surface area contributed by atoms with E-state index in [0.717, 1.165) is 50.1 Å². The predicted molar refractivity (Wildman–Crippen MR) is 220 cm³/mol. The lowest BCUT2D eigenvalue weighted by atomic mass is 9.96. The van der Waals surface area contributed by atoms with Gasteiger partial charge in [-0.05, 0) is 103 Å². The number of anilines is 3. The van der Waals surface area contributed by atoms with Crippen LogP contribution in [-0.2, 0) is 0 Å². The molecular formula is C50H33NO. The lowest BCUT2D eigenvalue weighted by Gasteiger charge is -2.27. The first-order valence-corrected chi connectivity index (χ1v) is 17.8. The lowest BCUT2D eigenvalue weighted by Crippen LogP contribution is -2.10. The molecule has 9 aromatic carbocycles. The van der Waals surface area contributed by atoms with Crippen LogP contribution in [0.25, 0.3) is 76.9 Å². The number of hydrogen-bond donors (Lipinski definition) is 0. The van der Waals surface area contributed by atoms with Gasteiger partial charge in [-0.15, -0.1) is 0 Å². The van der Waals surface area contributed by atoms with Crippen molar-refractivity contribution in [1.82, 2.24) is 0 Å². The van der Waals surface area contributed by atoms with Crippen molar-refractivity contribution >= 4 is 60.5 Å². The van der Waals surface area contributed by atoms with Gasteiger partial charge < -0.3 is 9.32 Å². The summed E-state index contributed by atoms with van der Waals surface area (Å²) in [6.45, 7) is 0. The average Bonchev–Trinajstić information content (AvgIpc) is 3.60. The molecule has 2 nitrogen and oxygen atoms in total. The molecule has 0 fully saturated rings. The van der Waals surface area contributed by atoms with E-state index in [1.807, 2.05) is 12.1 Å². The molecule has 0 aliphatic carbocycles. The van der Waals surface area contributed by atoms with Crippen LogP contribution in [-0.4, -0.2) is 0 Å². The molecule has 1 aromatic heterocycles. The molecule has 0 aliphatic rings. The van der Waals surface area contributed by atoms with E-state index >= 15 is 0 Å². The smallest absolute Gasteiger partial charge is 0.137 e. The van der Waals surface area contributed by atoms with E-state index < -0.39 is 0 Å². The summed E-state index contributed by atoms with van der Waals surface area (Å²) in [7, 11) is 0. The Kier molecular flexibility index (Phi) is 7.18. The number of hydrogen-bond acceptors (Lipinski definition) is 2. The summed E-state index contributed by atoms with van der Waals surface area (Å²) < 4.78 is 6.39. The number of furan rings is 1. The van der Waals surface area contributed by atoms with E-state index in [1.165, 1.54) is 43.8 Å². The first-order valence-electron chi connectivity index (χ1n) is 17.8. The van der Waals surface area contributed by atoms with Gasteiger partial charge in [0.15, 0.2) is 0 Å². The third kappa shape index (κ3) is 5.21. The van der Waals surface area contributed by atoms with Gasteiger partial charge in [0.25, 0.3) is 0 Å². The van der Waals surface area contributed by atoms with Gasteiger partial charge in [0.05, 0.1) is 11.1 Å². The highest BCUT2D eigenvalue weighted by Gasteiger charge is 2.20. The third-order valence-electron chi connectivity index (χ3n) is 10.2. The van der Waals surface area contributed by atoms with E-state index in [2.05, 4.69) is 193 Å². The van der Waals surface area contributed by atoms with Gasteiger partial charge in [-0.1, -0.05) is 152 Å². The topological polar surface area (TPSA) is 16.4 Å². The van der Waals surface area contributed by atoms with E-state index in [0.29, 0.717) is 0 Å². The minimum absolute atomic E-state index is 0.870. The highest BCUT2D eigenvalue weighted by Crippen LogP contribution is 2.44. The number of para-hydroxylation sites is 1. The fourth-order valence-corrected chi connectivity index (χ4v) is 7.71. The number of fused-ring (bicyclic) bond motifs is 5. The highest BCUT2D eigenvalue weighted by atomic mass is 16.3. The predicted octanol–water partition coefficient (Wildman–Crippen LogP) is 14.4. The summed E-state index contributed by atoms with van der Waals surface area (Å²) in [6, 6.07) is 71.8. The van der Waals surface area contributed by atoms with E-state index in [-0.39, 0.29) is 0 Å². The molecule has 0 radical (unpaired) electrons. The van der Waals surface area contributed by atoms with Gasteiger partial charge in [0, 0.05) is 16.8 Å². The average molecular weight is 664 g/mol. The first-order chi connectivity index (χ1) is 25.8. The molecule has 1 heterocycles. The molecule has 0 atom stereocenters. The Morgan fingerprint density at radius 1 is 0.327 bits per heavy atom. The summed E-state index contributed by atoms with van der Waals surface area (Å²) in [6.07, 6.45) is 0.